The lowest BCUT2D eigenvalue weighted by molar-refractivity contribution is -0.150. The highest BCUT2D eigenvalue weighted by Crippen LogP contribution is 2.17. The molecule has 4 heteroatoms. The normalized spacial score (nSPS) is 36.1. The Bertz CT molecular complexity index is 251. The summed E-state index contributed by atoms with van der Waals surface area (Å²) in [7, 11) is 0. The van der Waals surface area contributed by atoms with E-state index in [-0.39, 0.29) is 18.1 Å². The third-order valence-electron chi connectivity index (χ3n) is 3.50. The molecule has 1 amide bonds. The van der Waals surface area contributed by atoms with E-state index < -0.39 is 0 Å². The van der Waals surface area contributed by atoms with Gasteiger partial charge in [-0.1, -0.05) is 0 Å². The van der Waals surface area contributed by atoms with Gasteiger partial charge in [0.1, 0.15) is 6.10 Å². The summed E-state index contributed by atoms with van der Waals surface area (Å²) >= 11 is 0. The molecule has 2 aliphatic rings. The summed E-state index contributed by atoms with van der Waals surface area (Å²) in [4.78, 5) is 14.3. The van der Waals surface area contributed by atoms with E-state index in [0.717, 1.165) is 39.0 Å². The first-order chi connectivity index (χ1) is 7.68. The van der Waals surface area contributed by atoms with Crippen molar-refractivity contribution >= 4 is 5.91 Å². The first-order valence-corrected chi connectivity index (χ1v) is 6.34. The fourth-order valence-electron chi connectivity index (χ4n) is 2.45. The molecule has 2 heterocycles. The molecular formula is C12H22N2O2. The number of piperazine rings is 1. The van der Waals surface area contributed by atoms with Gasteiger partial charge in [-0.3, -0.25) is 4.79 Å². The zero-order valence-electron chi connectivity index (χ0n) is 10.2. The summed E-state index contributed by atoms with van der Waals surface area (Å²) in [5.41, 5.74) is 0. The molecule has 2 fully saturated rings. The van der Waals surface area contributed by atoms with Gasteiger partial charge in [-0.15, -0.1) is 0 Å². The van der Waals surface area contributed by atoms with Crippen molar-refractivity contribution in [3.8, 4) is 0 Å². The molecule has 16 heavy (non-hydrogen) atoms. The van der Waals surface area contributed by atoms with E-state index >= 15 is 0 Å². The zero-order valence-corrected chi connectivity index (χ0v) is 10.2. The third kappa shape index (κ3) is 2.55. The number of carbonyl (C=O) groups is 1. The van der Waals surface area contributed by atoms with Crippen molar-refractivity contribution in [1.82, 2.24) is 10.2 Å². The Balaban J connectivity index is 1.96. The van der Waals surface area contributed by atoms with Crippen molar-refractivity contribution in [3.63, 3.8) is 0 Å². The minimum atomic E-state index is -0.179. The molecule has 0 spiro atoms. The minimum Gasteiger partial charge on any atom is -0.368 e. The van der Waals surface area contributed by atoms with E-state index in [4.69, 9.17) is 4.74 Å². The van der Waals surface area contributed by atoms with E-state index in [1.165, 1.54) is 0 Å². The Morgan fingerprint density at radius 3 is 2.88 bits per heavy atom. The van der Waals surface area contributed by atoms with Crippen LogP contribution in [0.5, 0.6) is 0 Å². The van der Waals surface area contributed by atoms with Gasteiger partial charge in [-0.2, -0.15) is 0 Å². The molecule has 2 rings (SSSR count). The first kappa shape index (κ1) is 11.9. The molecule has 0 bridgehead atoms. The van der Waals surface area contributed by atoms with E-state index in [2.05, 4.69) is 19.2 Å². The topological polar surface area (TPSA) is 41.6 Å². The van der Waals surface area contributed by atoms with Gasteiger partial charge in [-0.05, 0) is 33.1 Å². The van der Waals surface area contributed by atoms with Gasteiger partial charge in [0.25, 0.3) is 5.91 Å². The molecule has 1 N–H and O–H groups in total. The maximum absolute atomic E-state index is 12.3. The van der Waals surface area contributed by atoms with Crippen molar-refractivity contribution in [2.45, 2.75) is 51.3 Å². The van der Waals surface area contributed by atoms with Crippen LogP contribution in [0.15, 0.2) is 0 Å². The Morgan fingerprint density at radius 1 is 1.38 bits per heavy atom. The molecule has 4 nitrogen and oxygen atoms in total. The van der Waals surface area contributed by atoms with E-state index in [0.29, 0.717) is 6.04 Å². The number of rotatable bonds is 1. The zero-order chi connectivity index (χ0) is 11.5. The largest absolute Gasteiger partial charge is 0.368 e. The molecule has 3 unspecified atom stereocenters. The molecular weight excluding hydrogens is 204 g/mol. The number of amides is 1. The van der Waals surface area contributed by atoms with Crippen LogP contribution in [0.1, 0.15) is 33.1 Å². The molecule has 0 aromatic carbocycles. The second kappa shape index (κ2) is 5.15. The maximum Gasteiger partial charge on any atom is 0.252 e. The molecule has 0 aliphatic carbocycles. The van der Waals surface area contributed by atoms with Gasteiger partial charge in [0.15, 0.2) is 0 Å². The summed E-state index contributed by atoms with van der Waals surface area (Å²) in [6, 6.07) is 0.679. The van der Waals surface area contributed by atoms with Crippen LogP contribution in [0.2, 0.25) is 0 Å². The van der Waals surface area contributed by atoms with Crippen LogP contribution in [-0.4, -0.2) is 48.7 Å². The van der Waals surface area contributed by atoms with Crippen molar-refractivity contribution in [2.75, 3.05) is 19.7 Å². The van der Waals surface area contributed by atoms with Gasteiger partial charge in [0.05, 0.1) is 0 Å². The first-order valence-electron chi connectivity index (χ1n) is 6.34. The van der Waals surface area contributed by atoms with E-state index in [1.54, 1.807) is 0 Å². The summed E-state index contributed by atoms with van der Waals surface area (Å²) in [5, 5.41) is 3.38. The Hall–Kier alpha value is -0.610. The monoisotopic (exact) mass is 226 g/mol. The lowest BCUT2D eigenvalue weighted by Gasteiger charge is -2.39. The lowest BCUT2D eigenvalue weighted by atomic mass is 10.1. The number of carbonyl (C=O) groups excluding carboxylic acids is 1. The van der Waals surface area contributed by atoms with Gasteiger partial charge in [0, 0.05) is 31.8 Å². The summed E-state index contributed by atoms with van der Waals surface area (Å²) in [6.45, 7) is 6.65. The minimum absolute atomic E-state index is 0.179. The average molecular weight is 226 g/mol. The van der Waals surface area contributed by atoms with Crippen LogP contribution >= 0.6 is 0 Å². The third-order valence-corrected chi connectivity index (χ3v) is 3.50. The van der Waals surface area contributed by atoms with Crippen LogP contribution in [0.3, 0.4) is 0 Å². The Kier molecular flexibility index (Phi) is 3.82. The molecule has 2 saturated heterocycles. The predicted molar refractivity (Wildman–Crippen MR) is 62.2 cm³/mol. The van der Waals surface area contributed by atoms with E-state index in [9.17, 15) is 4.79 Å². The van der Waals surface area contributed by atoms with Gasteiger partial charge >= 0.3 is 0 Å². The fourth-order valence-corrected chi connectivity index (χ4v) is 2.45. The number of hydrogen-bond acceptors (Lipinski definition) is 3. The van der Waals surface area contributed by atoms with Crippen molar-refractivity contribution in [1.29, 1.82) is 0 Å². The van der Waals surface area contributed by atoms with Crippen LogP contribution in [0.25, 0.3) is 0 Å². The van der Waals surface area contributed by atoms with E-state index in [1.807, 2.05) is 4.90 Å². The highest BCUT2D eigenvalue weighted by molar-refractivity contribution is 5.81. The Morgan fingerprint density at radius 2 is 2.19 bits per heavy atom. The predicted octanol–water partition coefficient (Wildman–Crippen LogP) is 0.764. The summed E-state index contributed by atoms with van der Waals surface area (Å²) in [5.74, 6) is 0.195. The fraction of sp³-hybridized carbons (Fsp3) is 0.917. The molecule has 0 aromatic rings. The quantitative estimate of drug-likeness (QED) is 0.718. The highest BCUT2D eigenvalue weighted by Gasteiger charge is 2.32. The van der Waals surface area contributed by atoms with Crippen LogP contribution in [0, 0.1) is 0 Å². The number of hydrogen-bond donors (Lipinski definition) is 1. The molecule has 2 aliphatic heterocycles. The van der Waals surface area contributed by atoms with Crippen LogP contribution < -0.4 is 5.32 Å². The van der Waals surface area contributed by atoms with Crippen molar-refractivity contribution in [3.05, 3.63) is 0 Å². The van der Waals surface area contributed by atoms with Gasteiger partial charge in [0.2, 0.25) is 0 Å². The summed E-state index contributed by atoms with van der Waals surface area (Å²) in [6.07, 6.45) is 2.93. The standard InChI is InChI=1S/C12H22N2O2/c1-9-8-14(10(2)7-13-9)12(15)11-5-3-4-6-16-11/h9-11,13H,3-8H2,1-2H3. The smallest absolute Gasteiger partial charge is 0.252 e. The van der Waals surface area contributed by atoms with Crippen LogP contribution in [-0.2, 0) is 9.53 Å². The van der Waals surface area contributed by atoms with Crippen LogP contribution in [0.4, 0.5) is 0 Å². The lowest BCUT2D eigenvalue weighted by Crippen LogP contribution is -2.58. The molecule has 0 saturated carbocycles. The second-order valence-electron chi connectivity index (χ2n) is 5.00. The van der Waals surface area contributed by atoms with Crippen molar-refractivity contribution < 1.29 is 9.53 Å². The summed E-state index contributed by atoms with van der Waals surface area (Å²) < 4.78 is 5.56. The Labute approximate surface area is 97.3 Å². The van der Waals surface area contributed by atoms with Gasteiger partial charge < -0.3 is 15.0 Å². The maximum atomic E-state index is 12.3. The number of nitrogens with zero attached hydrogens (tertiary/aromatic N) is 1. The molecule has 3 atom stereocenters. The van der Waals surface area contributed by atoms with Gasteiger partial charge in [-0.25, -0.2) is 0 Å². The second-order valence-corrected chi connectivity index (χ2v) is 5.00. The SMILES string of the molecule is CC1CN(C(=O)C2CCCCO2)C(C)CN1. The molecule has 0 radical (unpaired) electrons. The molecule has 0 aromatic heterocycles. The molecule has 92 valence electrons. The van der Waals surface area contributed by atoms with Crippen molar-refractivity contribution in [2.24, 2.45) is 0 Å². The number of nitrogens with one attached hydrogen (secondary N) is 1. The highest BCUT2D eigenvalue weighted by atomic mass is 16.5. The number of ether oxygens (including phenoxy) is 1. The average Bonchev–Trinajstić information content (AvgIpc) is 2.32.